The van der Waals surface area contributed by atoms with Gasteiger partial charge in [-0.05, 0) is 88.5 Å². The zero-order valence-corrected chi connectivity index (χ0v) is 35.5. The van der Waals surface area contributed by atoms with Crippen LogP contribution in [-0.2, 0) is 29.1 Å². The van der Waals surface area contributed by atoms with Gasteiger partial charge in [0, 0.05) is 29.4 Å². The van der Waals surface area contributed by atoms with Gasteiger partial charge in [-0.25, -0.2) is 18.2 Å². The number of rotatable bonds is 9. The van der Waals surface area contributed by atoms with Crippen molar-refractivity contribution in [3.05, 3.63) is 66.7 Å². The van der Waals surface area contributed by atoms with Crippen molar-refractivity contribution < 1.29 is 55.0 Å². The van der Waals surface area contributed by atoms with Gasteiger partial charge in [-0.3, -0.25) is 19.1 Å². The number of allylic oxidation sites excluding steroid dienone is 1. The van der Waals surface area contributed by atoms with Crippen molar-refractivity contribution in [2.24, 2.45) is 5.92 Å². The van der Waals surface area contributed by atoms with Crippen LogP contribution in [0.25, 0.3) is 27.8 Å². The SMILES string of the molecule is O=C(N[C@H]1CCCCC/C=C\[C@@H]2C[C@@]2(C(=O)NS(=O)(=O)C2CC2)NC(=O)[C@@H]2C[C@@H](Oc3cc(-c4ccccc4OC(F)(F)F)nc4c5ccccc5nn34)CN2C1=O)OC1CCCC1. The van der Waals surface area contributed by atoms with Crippen LogP contribution in [0.2, 0.25) is 0 Å². The summed E-state index contributed by atoms with van der Waals surface area (Å²) < 4.78 is 86.9. The van der Waals surface area contributed by atoms with Crippen LogP contribution in [0, 0.1) is 5.92 Å². The van der Waals surface area contributed by atoms with Crippen molar-refractivity contribution in [1.82, 2.24) is 34.9 Å². The van der Waals surface area contributed by atoms with Crippen LogP contribution in [-0.4, -0.2) is 99.7 Å². The maximum absolute atomic E-state index is 14.8. The van der Waals surface area contributed by atoms with E-state index < -0.39 is 80.8 Å². The van der Waals surface area contributed by atoms with E-state index >= 15 is 0 Å². The van der Waals surface area contributed by atoms with Crippen molar-refractivity contribution in [3.63, 3.8) is 0 Å². The lowest BCUT2D eigenvalue weighted by molar-refractivity contribution is -0.274. The van der Waals surface area contributed by atoms with Crippen molar-refractivity contribution in [2.45, 2.75) is 125 Å². The van der Waals surface area contributed by atoms with E-state index in [1.807, 2.05) is 12.2 Å². The summed E-state index contributed by atoms with van der Waals surface area (Å²) in [6.07, 6.45) is 3.69. The lowest BCUT2D eigenvalue weighted by atomic mass is 10.0. The Labute approximate surface area is 366 Å². The van der Waals surface area contributed by atoms with Crippen molar-refractivity contribution >= 4 is 50.4 Å². The number of nitrogens with zero attached hydrogens (tertiary/aromatic N) is 4. The highest BCUT2D eigenvalue weighted by molar-refractivity contribution is 7.91. The molecule has 0 radical (unpaired) electrons. The number of carbonyl (C=O) groups excluding carboxylic acids is 4. The quantitative estimate of drug-likeness (QED) is 0.171. The van der Waals surface area contributed by atoms with E-state index in [4.69, 9.17) is 14.5 Å². The number of carbonyl (C=O) groups is 4. The summed E-state index contributed by atoms with van der Waals surface area (Å²) in [6.45, 7) is -0.195. The van der Waals surface area contributed by atoms with Crippen LogP contribution in [0.3, 0.4) is 0 Å². The van der Waals surface area contributed by atoms with Crippen LogP contribution < -0.4 is 24.8 Å². The second-order valence-electron chi connectivity index (χ2n) is 17.3. The standard InChI is InChI=1S/C44H48F3N7O9S/c45-44(46,47)63-36-19-11-9-15-30(36)34-23-37(54-38(48-34)31-16-8-10-17-32(31)51-54)61-28-22-35-39(55)50-43(41(57)52-64(59,60)29-20-21-29)24-26(43)12-4-2-1-3-5-18-33(40(56)53(35)25-28)49-42(58)62-27-13-6-7-14-27/h4,8-12,15-17,19,23,26-29,33,35H,1-3,5-7,13-14,18,20-22,24-25H2,(H,49,58)(H,50,55)(H,52,57)/b12-4-/t26-,28-,33+,35+,43-/m1/s1. The maximum atomic E-state index is 14.8. The van der Waals surface area contributed by atoms with Crippen LogP contribution >= 0.6 is 0 Å². The molecule has 4 heterocycles. The first-order valence-electron chi connectivity index (χ1n) is 21.8. The van der Waals surface area contributed by atoms with Crippen LogP contribution in [0.15, 0.2) is 66.7 Å². The summed E-state index contributed by atoms with van der Waals surface area (Å²) in [5.74, 6) is -3.18. The van der Waals surface area contributed by atoms with Crippen molar-refractivity contribution in [1.29, 1.82) is 0 Å². The normalized spacial score (nSPS) is 26.3. The van der Waals surface area contributed by atoms with E-state index in [9.17, 15) is 40.8 Å². The first-order chi connectivity index (χ1) is 30.7. The number of alkyl carbamates (subject to hydrolysis) is 1. The second kappa shape index (κ2) is 17.2. The topological polar surface area (TPSA) is 200 Å². The monoisotopic (exact) mass is 907 g/mol. The minimum absolute atomic E-state index is 0.00446. The Hall–Kier alpha value is -5.92. The molecule has 0 spiro atoms. The van der Waals surface area contributed by atoms with Crippen molar-refractivity contribution in [3.8, 4) is 22.9 Å². The summed E-state index contributed by atoms with van der Waals surface area (Å²) >= 11 is 0. The van der Waals surface area contributed by atoms with Crippen LogP contribution in [0.4, 0.5) is 18.0 Å². The summed E-state index contributed by atoms with van der Waals surface area (Å²) in [4.78, 5) is 62.6. The predicted molar refractivity (Wildman–Crippen MR) is 224 cm³/mol. The lowest BCUT2D eigenvalue weighted by Gasteiger charge is -2.30. The minimum atomic E-state index is -5.00. The third-order valence-corrected chi connectivity index (χ3v) is 14.5. The Bertz CT molecular complexity index is 2610. The fourth-order valence-corrected chi connectivity index (χ4v) is 10.4. The number of halogens is 3. The number of aromatic nitrogens is 3. The predicted octanol–water partition coefficient (Wildman–Crippen LogP) is 5.84. The Balaban J connectivity index is 1.07. The molecule has 0 bridgehead atoms. The number of amides is 4. The molecule has 340 valence electrons. The number of hydrogen-bond donors (Lipinski definition) is 3. The molecule has 1 saturated heterocycles. The molecule has 4 amide bonds. The lowest BCUT2D eigenvalue weighted by Crippen LogP contribution is -2.58. The van der Waals surface area contributed by atoms with Gasteiger partial charge >= 0.3 is 12.5 Å². The molecule has 5 aliphatic rings. The molecule has 9 rings (SSSR count). The smallest absolute Gasteiger partial charge is 0.472 e. The fraction of sp³-hybridized carbons (Fsp3) is 0.500. The van der Waals surface area contributed by atoms with E-state index in [1.165, 1.54) is 39.7 Å². The number of fused-ring (bicyclic) bond motifs is 5. The van der Waals surface area contributed by atoms with E-state index in [-0.39, 0.29) is 54.7 Å². The molecule has 4 fully saturated rings. The molecule has 16 nitrogen and oxygen atoms in total. The molecular formula is C44H48F3N7O9S. The second-order valence-corrected chi connectivity index (χ2v) is 19.2. The van der Waals surface area contributed by atoms with E-state index in [2.05, 4.69) is 25.2 Å². The first-order valence-corrected chi connectivity index (χ1v) is 23.3. The highest BCUT2D eigenvalue weighted by atomic mass is 32.2. The largest absolute Gasteiger partial charge is 0.573 e. The van der Waals surface area contributed by atoms with Gasteiger partial charge in [-0.15, -0.1) is 13.2 Å². The highest BCUT2D eigenvalue weighted by Gasteiger charge is 2.62. The molecule has 2 aromatic carbocycles. The zero-order chi connectivity index (χ0) is 44.8. The van der Waals surface area contributed by atoms with Gasteiger partial charge in [0.15, 0.2) is 5.65 Å². The molecule has 64 heavy (non-hydrogen) atoms. The van der Waals surface area contributed by atoms with Gasteiger partial charge < -0.3 is 29.7 Å². The van der Waals surface area contributed by atoms with Crippen LogP contribution in [0.5, 0.6) is 11.6 Å². The summed E-state index contributed by atoms with van der Waals surface area (Å²) in [5.41, 5.74) is -0.798. The molecule has 3 aliphatic carbocycles. The van der Waals surface area contributed by atoms with Gasteiger partial charge in [0.1, 0.15) is 35.6 Å². The Morgan fingerprint density at radius 2 is 1.67 bits per heavy atom. The average Bonchev–Trinajstić information content (AvgIpc) is 4.06. The van der Waals surface area contributed by atoms with Gasteiger partial charge in [0.05, 0.1) is 23.0 Å². The van der Waals surface area contributed by atoms with Crippen molar-refractivity contribution in [2.75, 3.05) is 6.54 Å². The third-order valence-electron chi connectivity index (χ3n) is 12.6. The summed E-state index contributed by atoms with van der Waals surface area (Å²) in [6, 6.07) is 11.5. The van der Waals surface area contributed by atoms with Crippen LogP contribution in [0.1, 0.15) is 83.5 Å². The molecule has 3 saturated carbocycles. The van der Waals surface area contributed by atoms with E-state index in [1.54, 1.807) is 24.3 Å². The number of hydrogen-bond acceptors (Lipinski definition) is 11. The van der Waals surface area contributed by atoms with E-state index in [0.29, 0.717) is 55.8 Å². The average molecular weight is 908 g/mol. The molecule has 0 unspecified atom stereocenters. The number of ether oxygens (including phenoxy) is 3. The zero-order valence-electron chi connectivity index (χ0n) is 34.7. The number of nitrogens with one attached hydrogen (secondary N) is 3. The molecular weight excluding hydrogens is 860 g/mol. The molecule has 4 aromatic rings. The van der Waals surface area contributed by atoms with Gasteiger partial charge in [0.2, 0.25) is 27.7 Å². The Morgan fingerprint density at radius 1 is 0.922 bits per heavy atom. The maximum Gasteiger partial charge on any atom is 0.573 e. The Kier molecular flexibility index (Phi) is 11.7. The number of sulfonamides is 1. The molecule has 3 N–H and O–H groups in total. The number of para-hydroxylation sites is 1. The summed E-state index contributed by atoms with van der Waals surface area (Å²) in [7, 11) is -3.98. The molecule has 20 heteroatoms. The molecule has 5 atom stereocenters. The Morgan fingerprint density at radius 3 is 2.45 bits per heavy atom. The highest BCUT2D eigenvalue weighted by Crippen LogP contribution is 2.46. The van der Waals surface area contributed by atoms with Gasteiger partial charge in [-0.1, -0.05) is 49.3 Å². The molecule has 2 aliphatic heterocycles. The summed E-state index contributed by atoms with van der Waals surface area (Å²) in [5, 5.41) is 10.1. The first kappa shape index (κ1) is 43.3. The molecule has 2 aromatic heterocycles. The number of alkyl halides is 3. The van der Waals surface area contributed by atoms with E-state index in [0.717, 1.165) is 19.3 Å². The fourth-order valence-electron chi connectivity index (χ4n) is 9.07. The number of benzene rings is 2. The van der Waals surface area contributed by atoms with Gasteiger partial charge in [-0.2, -0.15) is 9.61 Å². The van der Waals surface area contributed by atoms with Gasteiger partial charge in [0.25, 0.3) is 5.91 Å². The minimum Gasteiger partial charge on any atom is -0.472 e. The third kappa shape index (κ3) is 9.19.